The molecular weight excluding hydrogens is 428 g/mol. The van der Waals surface area contributed by atoms with Gasteiger partial charge in [0, 0.05) is 18.2 Å². The van der Waals surface area contributed by atoms with Crippen LogP contribution in [0, 0.1) is 20.2 Å². The van der Waals surface area contributed by atoms with Crippen molar-refractivity contribution in [3.63, 3.8) is 0 Å². The van der Waals surface area contributed by atoms with E-state index < -0.39 is 44.3 Å². The summed E-state index contributed by atoms with van der Waals surface area (Å²) >= 11 is 0. The summed E-state index contributed by atoms with van der Waals surface area (Å²) in [5.41, 5.74) is -0.971. The van der Waals surface area contributed by atoms with Crippen molar-refractivity contribution >= 4 is 29.0 Å². The molecule has 2 N–H and O–H groups in total. The van der Waals surface area contributed by atoms with E-state index in [2.05, 4.69) is 0 Å². The molecule has 0 fully saturated rings. The second kappa shape index (κ2) is 9.56. The fourth-order valence-corrected chi connectivity index (χ4v) is 4.58. The molecule has 0 aliphatic rings. The van der Waals surface area contributed by atoms with E-state index in [1.165, 1.54) is 12.1 Å². The van der Waals surface area contributed by atoms with Crippen LogP contribution in [-0.2, 0) is 14.6 Å². The van der Waals surface area contributed by atoms with E-state index in [9.17, 15) is 38.1 Å². The predicted octanol–water partition coefficient (Wildman–Crippen LogP) is -0.880. The average molecular weight is 441 g/mol. The molecule has 0 aliphatic heterocycles. The van der Waals surface area contributed by atoms with Crippen LogP contribution >= 0.6 is 7.60 Å². The van der Waals surface area contributed by atoms with Crippen LogP contribution in [0.3, 0.4) is 0 Å². The van der Waals surface area contributed by atoms with Crippen LogP contribution in [0.25, 0.3) is 0 Å². The van der Waals surface area contributed by atoms with Crippen molar-refractivity contribution in [3.8, 4) is 5.75 Å². The molecule has 1 atom stereocenters. The van der Waals surface area contributed by atoms with Crippen LogP contribution in [0.15, 0.2) is 53.4 Å². The number of hydrogen-bond donors (Lipinski definition) is 2. The molecule has 0 bridgehead atoms. The van der Waals surface area contributed by atoms with Crippen molar-refractivity contribution in [1.29, 1.82) is 0 Å². The summed E-state index contributed by atoms with van der Waals surface area (Å²) in [5, 5.41) is 21.5. The van der Waals surface area contributed by atoms with Crippen LogP contribution in [0.5, 0.6) is 5.75 Å². The van der Waals surface area contributed by atoms with Gasteiger partial charge < -0.3 is 10.8 Å². The molecule has 0 amide bonds. The van der Waals surface area contributed by atoms with Gasteiger partial charge in [0.15, 0.2) is 4.90 Å². The van der Waals surface area contributed by atoms with E-state index in [4.69, 9.17) is 4.52 Å². The fourth-order valence-electron chi connectivity index (χ4n) is 1.91. The van der Waals surface area contributed by atoms with E-state index in [1.807, 2.05) is 0 Å². The number of nitro benzene ring substituents is 2. The Morgan fingerprint density at radius 3 is 2.18 bits per heavy atom. The molecule has 0 spiro atoms. The van der Waals surface area contributed by atoms with E-state index in [-0.39, 0.29) is 42.4 Å². The minimum absolute atomic E-state index is 0. The van der Waals surface area contributed by atoms with Gasteiger partial charge in [0.05, 0.1) is 9.85 Å². The Bertz CT molecular complexity index is 1040. The van der Waals surface area contributed by atoms with Gasteiger partial charge in [-0.2, -0.15) is 4.72 Å². The Balaban J connectivity index is 0.00000392. The summed E-state index contributed by atoms with van der Waals surface area (Å²) in [6, 6.07) is 8.68. The summed E-state index contributed by atoms with van der Waals surface area (Å²) in [6.07, 6.45) is -1.07. The van der Waals surface area contributed by atoms with E-state index in [1.54, 1.807) is 4.72 Å². The first-order valence-electron chi connectivity index (χ1n) is 7.01. The van der Waals surface area contributed by atoms with Crippen molar-refractivity contribution in [2.45, 2.75) is 4.90 Å². The van der Waals surface area contributed by atoms with Gasteiger partial charge in [0.25, 0.3) is 11.4 Å². The fraction of sp³-hybridized carbons (Fsp3) is 0.0769. The molecule has 0 aromatic heterocycles. The predicted molar refractivity (Wildman–Crippen MR) is 92.9 cm³/mol. The monoisotopic (exact) mass is 441 g/mol. The third kappa shape index (κ3) is 6.34. The summed E-state index contributed by atoms with van der Waals surface area (Å²) in [4.78, 5) is 29.0. The zero-order valence-electron chi connectivity index (χ0n) is 15.3. The van der Waals surface area contributed by atoms with Crippen LogP contribution < -0.4 is 38.8 Å². The number of nitrogens with one attached hydrogen (secondary N) is 1. The third-order valence-electron chi connectivity index (χ3n) is 3.10. The molecule has 15 heteroatoms. The van der Waals surface area contributed by atoms with E-state index >= 15 is 0 Å². The molecule has 0 saturated carbocycles. The second-order valence-corrected chi connectivity index (χ2v) is 8.52. The number of nitrogens with zero attached hydrogens (tertiary/aromatic N) is 2. The maximum absolute atomic E-state index is 12.2. The Hall–Kier alpha value is -1.86. The molecule has 0 aliphatic carbocycles. The van der Waals surface area contributed by atoms with Crippen LogP contribution in [-0.4, -0.2) is 29.4 Å². The number of non-ortho nitro benzene ring substituents is 1. The smallest absolute Gasteiger partial charge is 1.00 e. The number of hydrogen-bond acceptors (Lipinski definition) is 8. The van der Waals surface area contributed by atoms with Crippen molar-refractivity contribution in [1.82, 2.24) is 4.72 Å². The zero-order chi connectivity index (χ0) is 20.2. The Morgan fingerprint density at radius 1 is 1.07 bits per heavy atom. The molecule has 2 rings (SSSR count). The molecule has 2 aromatic carbocycles. The summed E-state index contributed by atoms with van der Waals surface area (Å²) < 4.78 is 43.0. The van der Waals surface area contributed by atoms with Crippen molar-refractivity contribution < 1.29 is 63.2 Å². The Kier molecular flexibility index (Phi) is 8.26. The maximum atomic E-state index is 12.2. The Labute approximate surface area is 182 Å². The maximum Gasteiger partial charge on any atom is 1.00 e. The van der Waals surface area contributed by atoms with E-state index in [0.29, 0.717) is 0 Å². The molecule has 28 heavy (non-hydrogen) atoms. The van der Waals surface area contributed by atoms with Crippen LogP contribution in [0.2, 0.25) is 0 Å². The number of sulfonamides is 1. The van der Waals surface area contributed by atoms with Gasteiger partial charge in [-0.05, 0) is 18.2 Å². The quantitative estimate of drug-likeness (QED) is 0.228. The van der Waals surface area contributed by atoms with Crippen LogP contribution in [0.1, 0.15) is 1.43 Å². The average Bonchev–Trinajstić information content (AvgIpc) is 2.60. The Morgan fingerprint density at radius 2 is 1.64 bits per heavy atom. The SMILES string of the molecule is O=[N+]([O-])c1ccc(OP(=O)(O)CNS(=O)(=O)c2ccccc2[N+](=O)[O-])cc1.[H-].[Na+]. The molecule has 146 valence electrons. The van der Waals surface area contributed by atoms with Crippen LogP contribution in [0.4, 0.5) is 11.4 Å². The van der Waals surface area contributed by atoms with Gasteiger partial charge >= 0.3 is 37.2 Å². The van der Waals surface area contributed by atoms with E-state index in [0.717, 1.165) is 36.4 Å². The van der Waals surface area contributed by atoms with Gasteiger partial charge in [0.1, 0.15) is 12.0 Å². The molecule has 0 radical (unpaired) electrons. The van der Waals surface area contributed by atoms with Gasteiger partial charge in [0.2, 0.25) is 10.0 Å². The van der Waals surface area contributed by atoms with Gasteiger partial charge in [-0.3, -0.25) is 20.2 Å². The van der Waals surface area contributed by atoms with Crippen molar-refractivity contribution in [3.05, 3.63) is 68.8 Å². The second-order valence-electron chi connectivity index (χ2n) is 5.01. The topological polar surface area (TPSA) is 179 Å². The number of rotatable bonds is 8. The molecule has 0 saturated heterocycles. The van der Waals surface area contributed by atoms with Gasteiger partial charge in [-0.15, -0.1) is 0 Å². The summed E-state index contributed by atoms with van der Waals surface area (Å²) in [7, 11) is -9.01. The zero-order valence-corrected chi connectivity index (χ0v) is 18.0. The minimum atomic E-state index is -4.54. The molecule has 1 unspecified atom stereocenters. The molecule has 2 aromatic rings. The summed E-state index contributed by atoms with van der Waals surface area (Å²) in [6.45, 7) is 0. The standard InChI is InChI=1S/C13H12N3O9PS.Na.H/c17-15(18)10-5-7-11(8-6-10)25-26(21,22)9-14-27(23,24)13-4-2-1-3-12(13)16(19)20;;/h1-8,14H,9H2,(H,21,22);;/q;+1;-1. The molecular formula is C13H13N3NaO9PS. The summed E-state index contributed by atoms with van der Waals surface area (Å²) in [5.74, 6) is -0.198. The molecule has 12 nitrogen and oxygen atoms in total. The minimum Gasteiger partial charge on any atom is -1.00 e. The number of benzene rings is 2. The third-order valence-corrected chi connectivity index (χ3v) is 5.82. The van der Waals surface area contributed by atoms with Gasteiger partial charge in [-0.1, -0.05) is 12.1 Å². The molecule has 0 heterocycles. The first kappa shape index (κ1) is 24.2. The van der Waals surface area contributed by atoms with Gasteiger partial charge in [-0.25, -0.2) is 13.0 Å². The number of para-hydroxylation sites is 1. The first-order chi connectivity index (χ1) is 12.5. The largest absolute Gasteiger partial charge is 1.00 e. The van der Waals surface area contributed by atoms with Crippen molar-refractivity contribution in [2.24, 2.45) is 0 Å². The number of nitro groups is 2. The first-order valence-corrected chi connectivity index (χ1v) is 10.3. The normalized spacial score (nSPS) is 13.0. The van der Waals surface area contributed by atoms with Crippen molar-refractivity contribution in [2.75, 3.05) is 6.29 Å².